The van der Waals surface area contributed by atoms with Crippen molar-refractivity contribution in [2.75, 3.05) is 19.1 Å². The van der Waals surface area contributed by atoms with Crippen molar-refractivity contribution in [1.29, 1.82) is 0 Å². The zero-order valence-corrected chi connectivity index (χ0v) is 10.8. The van der Waals surface area contributed by atoms with E-state index in [0.29, 0.717) is 0 Å². The molecule has 1 amide bonds. The highest BCUT2D eigenvalue weighted by Crippen LogP contribution is 2.13. The topological polar surface area (TPSA) is 70.8 Å². The van der Waals surface area contributed by atoms with Crippen LogP contribution < -0.4 is 0 Å². The minimum atomic E-state index is -1.18. The fourth-order valence-electron chi connectivity index (χ4n) is 1.29. The van der Waals surface area contributed by atoms with Crippen LogP contribution in [0, 0.1) is 0 Å². The largest absolute Gasteiger partial charge is 0.475 e. The molecule has 1 aromatic rings. The van der Waals surface area contributed by atoms with E-state index in [4.69, 9.17) is 9.52 Å². The lowest BCUT2D eigenvalue weighted by atomic mass is 10.3. The first-order valence-electron chi connectivity index (χ1n) is 5.06. The molecule has 0 saturated carbocycles. The third-order valence-electron chi connectivity index (χ3n) is 2.42. The lowest BCUT2D eigenvalue weighted by Crippen LogP contribution is -2.36. The van der Waals surface area contributed by atoms with Gasteiger partial charge in [-0.2, -0.15) is 11.8 Å². The van der Waals surface area contributed by atoms with Crippen molar-refractivity contribution in [2.45, 2.75) is 13.0 Å². The molecule has 0 saturated heterocycles. The third-order valence-corrected chi connectivity index (χ3v) is 3.23. The molecular weight excluding hydrogens is 242 g/mol. The molecule has 0 aliphatic carbocycles. The van der Waals surface area contributed by atoms with Gasteiger partial charge in [0.2, 0.25) is 5.76 Å². The third kappa shape index (κ3) is 3.26. The summed E-state index contributed by atoms with van der Waals surface area (Å²) in [4.78, 5) is 24.1. The number of hydrogen-bond donors (Lipinski definition) is 1. The lowest BCUT2D eigenvalue weighted by molar-refractivity contribution is 0.0650. The number of carbonyl (C=O) groups excluding carboxylic acids is 1. The van der Waals surface area contributed by atoms with Gasteiger partial charge in [-0.3, -0.25) is 4.79 Å². The fourth-order valence-corrected chi connectivity index (χ4v) is 2.00. The van der Waals surface area contributed by atoms with E-state index in [1.165, 1.54) is 12.1 Å². The second-order valence-corrected chi connectivity index (χ2v) is 4.60. The maximum Gasteiger partial charge on any atom is 0.371 e. The highest BCUT2D eigenvalue weighted by Gasteiger charge is 2.21. The molecule has 0 spiro atoms. The molecule has 0 aliphatic heterocycles. The second kappa shape index (κ2) is 5.77. The Labute approximate surface area is 104 Å². The van der Waals surface area contributed by atoms with Crippen LogP contribution >= 0.6 is 11.8 Å². The first kappa shape index (κ1) is 13.6. The molecule has 0 bridgehead atoms. The first-order chi connectivity index (χ1) is 7.97. The standard InChI is InChI=1S/C11H15NO4S/c1-7(6-17-3)12(2)10(13)8-4-5-9(16-8)11(14)15/h4-5,7H,6H2,1-3H3,(H,14,15). The van der Waals surface area contributed by atoms with Crippen molar-refractivity contribution in [3.63, 3.8) is 0 Å². The molecule has 0 radical (unpaired) electrons. The van der Waals surface area contributed by atoms with E-state index in [0.717, 1.165) is 5.75 Å². The molecule has 1 rings (SSSR count). The summed E-state index contributed by atoms with van der Waals surface area (Å²) in [5, 5.41) is 8.69. The summed E-state index contributed by atoms with van der Waals surface area (Å²) in [5.74, 6) is -0.839. The number of carbonyl (C=O) groups is 2. The van der Waals surface area contributed by atoms with Gasteiger partial charge in [0.05, 0.1) is 0 Å². The quantitative estimate of drug-likeness (QED) is 0.871. The van der Waals surface area contributed by atoms with Gasteiger partial charge < -0.3 is 14.4 Å². The highest BCUT2D eigenvalue weighted by atomic mass is 32.2. The Bertz CT molecular complexity index is 415. The summed E-state index contributed by atoms with van der Waals surface area (Å²) in [7, 11) is 1.67. The van der Waals surface area contributed by atoms with Gasteiger partial charge >= 0.3 is 5.97 Å². The average Bonchev–Trinajstić information content (AvgIpc) is 2.76. The van der Waals surface area contributed by atoms with Crippen molar-refractivity contribution >= 4 is 23.6 Å². The maximum absolute atomic E-state index is 11.9. The fraction of sp³-hybridized carbons (Fsp3) is 0.455. The average molecular weight is 257 g/mol. The first-order valence-corrected chi connectivity index (χ1v) is 6.46. The summed E-state index contributed by atoms with van der Waals surface area (Å²) in [6.45, 7) is 1.93. The van der Waals surface area contributed by atoms with E-state index in [1.54, 1.807) is 23.7 Å². The number of rotatable bonds is 5. The van der Waals surface area contributed by atoms with Crippen molar-refractivity contribution in [3.8, 4) is 0 Å². The van der Waals surface area contributed by atoms with E-state index < -0.39 is 5.97 Å². The summed E-state index contributed by atoms with van der Waals surface area (Å²) in [6, 6.07) is 2.73. The summed E-state index contributed by atoms with van der Waals surface area (Å²) in [6.07, 6.45) is 1.96. The maximum atomic E-state index is 11.9. The SMILES string of the molecule is CSCC(C)N(C)C(=O)c1ccc(C(=O)O)o1. The Kier molecular flexibility index (Phi) is 4.62. The van der Waals surface area contributed by atoms with Gasteiger partial charge in [0.15, 0.2) is 5.76 Å². The molecule has 6 heteroatoms. The number of thioether (sulfide) groups is 1. The number of carboxylic acid groups (broad SMARTS) is 1. The van der Waals surface area contributed by atoms with E-state index in [1.807, 2.05) is 13.2 Å². The Balaban J connectivity index is 2.77. The summed E-state index contributed by atoms with van der Waals surface area (Å²) >= 11 is 1.64. The zero-order chi connectivity index (χ0) is 13.0. The number of furan rings is 1. The Hall–Kier alpha value is -1.43. The van der Waals surface area contributed by atoms with E-state index >= 15 is 0 Å². The predicted molar refractivity (Wildman–Crippen MR) is 65.6 cm³/mol. The van der Waals surface area contributed by atoms with Crippen LogP contribution in [0.2, 0.25) is 0 Å². The van der Waals surface area contributed by atoms with E-state index in [9.17, 15) is 9.59 Å². The molecular formula is C11H15NO4S. The van der Waals surface area contributed by atoms with E-state index in [-0.39, 0.29) is 23.5 Å². The minimum Gasteiger partial charge on any atom is -0.475 e. The number of nitrogens with zero attached hydrogens (tertiary/aromatic N) is 1. The molecule has 1 atom stereocenters. The van der Waals surface area contributed by atoms with Crippen molar-refractivity contribution in [1.82, 2.24) is 4.90 Å². The van der Waals surface area contributed by atoms with Gasteiger partial charge in [-0.1, -0.05) is 0 Å². The van der Waals surface area contributed by atoms with Crippen LogP contribution in [0.4, 0.5) is 0 Å². The minimum absolute atomic E-state index is 0.0536. The van der Waals surface area contributed by atoms with Crippen LogP contribution in [0.5, 0.6) is 0 Å². The molecule has 1 aromatic heterocycles. The molecule has 1 N–H and O–H groups in total. The van der Waals surface area contributed by atoms with Crippen LogP contribution in [0.3, 0.4) is 0 Å². The van der Waals surface area contributed by atoms with Crippen LogP contribution in [-0.4, -0.2) is 47.0 Å². The van der Waals surface area contributed by atoms with Gasteiger partial charge in [-0.05, 0) is 25.3 Å². The monoisotopic (exact) mass is 257 g/mol. The Morgan fingerprint density at radius 1 is 1.47 bits per heavy atom. The molecule has 17 heavy (non-hydrogen) atoms. The highest BCUT2D eigenvalue weighted by molar-refractivity contribution is 7.98. The zero-order valence-electron chi connectivity index (χ0n) is 9.97. The molecule has 94 valence electrons. The number of hydrogen-bond acceptors (Lipinski definition) is 4. The number of carboxylic acids is 1. The Morgan fingerprint density at radius 3 is 2.53 bits per heavy atom. The molecule has 1 unspecified atom stereocenters. The van der Waals surface area contributed by atoms with Crippen molar-refractivity contribution < 1.29 is 19.1 Å². The normalized spacial score (nSPS) is 12.2. The molecule has 0 aliphatic rings. The van der Waals surface area contributed by atoms with Gasteiger partial charge in [-0.25, -0.2) is 4.79 Å². The molecule has 5 nitrogen and oxygen atoms in total. The van der Waals surface area contributed by atoms with Crippen LogP contribution in [0.1, 0.15) is 28.0 Å². The van der Waals surface area contributed by atoms with Crippen LogP contribution in [0.25, 0.3) is 0 Å². The Morgan fingerprint density at radius 2 is 2.06 bits per heavy atom. The molecule has 0 fully saturated rings. The van der Waals surface area contributed by atoms with Crippen molar-refractivity contribution in [3.05, 3.63) is 23.7 Å². The molecule has 0 aromatic carbocycles. The number of amides is 1. The van der Waals surface area contributed by atoms with E-state index in [2.05, 4.69) is 0 Å². The van der Waals surface area contributed by atoms with Gasteiger partial charge in [0.25, 0.3) is 5.91 Å². The smallest absolute Gasteiger partial charge is 0.371 e. The van der Waals surface area contributed by atoms with Gasteiger partial charge in [-0.15, -0.1) is 0 Å². The van der Waals surface area contributed by atoms with Crippen molar-refractivity contribution in [2.24, 2.45) is 0 Å². The van der Waals surface area contributed by atoms with Crippen LogP contribution in [0.15, 0.2) is 16.5 Å². The number of aromatic carboxylic acids is 1. The van der Waals surface area contributed by atoms with Crippen LogP contribution in [-0.2, 0) is 0 Å². The predicted octanol–water partition coefficient (Wildman–Crippen LogP) is 1.80. The van der Waals surface area contributed by atoms with Gasteiger partial charge in [0.1, 0.15) is 0 Å². The molecule has 1 heterocycles. The lowest BCUT2D eigenvalue weighted by Gasteiger charge is -2.23. The second-order valence-electron chi connectivity index (χ2n) is 3.69. The summed E-state index contributed by atoms with van der Waals surface area (Å²) in [5.41, 5.74) is 0. The van der Waals surface area contributed by atoms with Gasteiger partial charge in [0, 0.05) is 18.8 Å². The summed E-state index contributed by atoms with van der Waals surface area (Å²) < 4.78 is 4.96.